The molecule has 0 N–H and O–H groups in total. The lowest BCUT2D eigenvalue weighted by Crippen LogP contribution is -2.12. The van der Waals surface area contributed by atoms with Crippen LogP contribution in [0.4, 0.5) is 4.39 Å². The second kappa shape index (κ2) is 4.93. The summed E-state index contributed by atoms with van der Waals surface area (Å²) in [6.45, 7) is 2.11. The molecular formula is C17H14FNO. The number of benzene rings is 2. The molecule has 0 saturated carbocycles. The minimum Gasteiger partial charge on any atom is -0.337 e. The Morgan fingerprint density at radius 1 is 1.10 bits per heavy atom. The van der Waals surface area contributed by atoms with Crippen molar-refractivity contribution in [3.63, 3.8) is 0 Å². The lowest BCUT2D eigenvalue weighted by molar-refractivity contribution is 0.0969. The maximum absolute atomic E-state index is 13.7. The second-order valence-electron chi connectivity index (χ2n) is 4.83. The highest BCUT2D eigenvalue weighted by molar-refractivity contribution is 5.97. The number of hydrogen-bond donors (Lipinski definition) is 0. The fourth-order valence-electron chi connectivity index (χ4n) is 2.47. The van der Waals surface area contributed by atoms with Crippen molar-refractivity contribution in [2.45, 2.75) is 13.5 Å². The molecule has 100 valence electrons. The van der Waals surface area contributed by atoms with Gasteiger partial charge in [0.15, 0.2) is 5.78 Å². The van der Waals surface area contributed by atoms with Gasteiger partial charge < -0.3 is 4.57 Å². The first kappa shape index (κ1) is 12.6. The van der Waals surface area contributed by atoms with E-state index in [0.717, 1.165) is 16.6 Å². The summed E-state index contributed by atoms with van der Waals surface area (Å²) >= 11 is 0. The van der Waals surface area contributed by atoms with Gasteiger partial charge in [-0.1, -0.05) is 30.3 Å². The van der Waals surface area contributed by atoms with Crippen LogP contribution in [0.3, 0.4) is 0 Å². The average Bonchev–Trinajstić information content (AvgIpc) is 2.76. The number of aryl methyl sites for hydroxylation is 1. The number of nitrogens with zero attached hydrogens (tertiary/aromatic N) is 1. The third-order valence-electron chi connectivity index (χ3n) is 3.49. The van der Waals surface area contributed by atoms with Gasteiger partial charge in [-0.25, -0.2) is 4.39 Å². The van der Waals surface area contributed by atoms with Crippen molar-refractivity contribution in [1.29, 1.82) is 0 Å². The van der Waals surface area contributed by atoms with Gasteiger partial charge >= 0.3 is 0 Å². The molecule has 0 atom stereocenters. The summed E-state index contributed by atoms with van der Waals surface area (Å²) in [7, 11) is 0. The number of para-hydroxylation sites is 1. The van der Waals surface area contributed by atoms with E-state index in [1.165, 1.54) is 12.1 Å². The van der Waals surface area contributed by atoms with Crippen LogP contribution in [0.2, 0.25) is 0 Å². The highest BCUT2D eigenvalue weighted by Crippen LogP contribution is 2.20. The van der Waals surface area contributed by atoms with E-state index in [9.17, 15) is 9.18 Å². The van der Waals surface area contributed by atoms with Gasteiger partial charge in [0.1, 0.15) is 5.82 Å². The Labute approximate surface area is 116 Å². The van der Waals surface area contributed by atoms with Gasteiger partial charge in [-0.05, 0) is 36.6 Å². The zero-order valence-electron chi connectivity index (χ0n) is 11.1. The van der Waals surface area contributed by atoms with E-state index in [0.29, 0.717) is 0 Å². The van der Waals surface area contributed by atoms with Crippen LogP contribution in [0.25, 0.3) is 10.9 Å². The van der Waals surface area contributed by atoms with Crippen molar-refractivity contribution >= 4 is 16.7 Å². The average molecular weight is 267 g/mol. The number of fused-ring (bicyclic) bond motifs is 1. The van der Waals surface area contributed by atoms with Crippen molar-refractivity contribution < 1.29 is 9.18 Å². The Balaban J connectivity index is 2.00. The molecule has 0 spiro atoms. The van der Waals surface area contributed by atoms with E-state index < -0.39 is 5.82 Å². The number of hydrogen-bond acceptors (Lipinski definition) is 1. The van der Waals surface area contributed by atoms with E-state index in [2.05, 4.69) is 0 Å². The topological polar surface area (TPSA) is 22.0 Å². The quantitative estimate of drug-likeness (QED) is 0.658. The molecule has 3 aromatic rings. The SMILES string of the molecule is Cc1cc2ccccc2n1CC(=O)c1ccccc1F. The largest absolute Gasteiger partial charge is 0.337 e. The maximum atomic E-state index is 13.7. The fraction of sp³-hybridized carbons (Fsp3) is 0.118. The Morgan fingerprint density at radius 3 is 2.60 bits per heavy atom. The molecule has 0 aliphatic carbocycles. The van der Waals surface area contributed by atoms with E-state index in [4.69, 9.17) is 0 Å². The number of carbonyl (C=O) groups is 1. The van der Waals surface area contributed by atoms with Gasteiger partial charge in [-0.15, -0.1) is 0 Å². The van der Waals surface area contributed by atoms with Crippen molar-refractivity contribution in [2.75, 3.05) is 0 Å². The minimum atomic E-state index is -0.466. The van der Waals surface area contributed by atoms with Crippen LogP contribution in [0.15, 0.2) is 54.6 Å². The summed E-state index contributed by atoms with van der Waals surface area (Å²) in [5.41, 5.74) is 2.13. The first-order valence-corrected chi connectivity index (χ1v) is 6.49. The van der Waals surface area contributed by atoms with Crippen LogP contribution in [0, 0.1) is 12.7 Å². The van der Waals surface area contributed by atoms with Crippen LogP contribution in [0.5, 0.6) is 0 Å². The van der Waals surface area contributed by atoms with Crippen LogP contribution in [0.1, 0.15) is 16.1 Å². The van der Waals surface area contributed by atoms with Gasteiger partial charge in [-0.2, -0.15) is 0 Å². The number of ketones is 1. The Kier molecular flexibility index (Phi) is 3.11. The van der Waals surface area contributed by atoms with Gasteiger partial charge in [0.05, 0.1) is 12.1 Å². The molecule has 1 aromatic heterocycles. The van der Waals surface area contributed by atoms with Crippen LogP contribution < -0.4 is 0 Å². The summed E-state index contributed by atoms with van der Waals surface area (Å²) in [5, 5.41) is 1.09. The molecule has 2 aromatic carbocycles. The second-order valence-corrected chi connectivity index (χ2v) is 4.83. The number of rotatable bonds is 3. The standard InChI is InChI=1S/C17H14FNO/c1-12-10-13-6-2-5-9-16(13)19(12)11-17(20)14-7-3-4-8-15(14)18/h2-10H,11H2,1H3. The van der Waals surface area contributed by atoms with Gasteiger partial charge in [0.2, 0.25) is 0 Å². The summed E-state index contributed by atoms with van der Waals surface area (Å²) in [4.78, 5) is 12.3. The smallest absolute Gasteiger partial charge is 0.185 e. The summed E-state index contributed by atoms with van der Waals surface area (Å²) in [6.07, 6.45) is 0. The van der Waals surface area contributed by atoms with Crippen molar-refractivity contribution in [3.05, 3.63) is 71.7 Å². The molecule has 1 heterocycles. The highest BCUT2D eigenvalue weighted by Gasteiger charge is 2.14. The molecule has 3 rings (SSSR count). The molecular weight excluding hydrogens is 253 g/mol. The molecule has 20 heavy (non-hydrogen) atoms. The summed E-state index contributed by atoms with van der Waals surface area (Å²) in [5.74, 6) is -0.681. The molecule has 0 saturated heterocycles. The van der Waals surface area contributed by atoms with Crippen molar-refractivity contribution in [3.8, 4) is 0 Å². The molecule has 0 unspecified atom stereocenters. The molecule has 0 fully saturated rings. The van der Waals surface area contributed by atoms with Gasteiger partial charge in [0, 0.05) is 11.2 Å². The summed E-state index contributed by atoms with van der Waals surface area (Å²) in [6, 6.07) is 16.0. The highest BCUT2D eigenvalue weighted by atomic mass is 19.1. The number of carbonyl (C=O) groups excluding carboxylic acids is 1. The molecule has 2 nitrogen and oxygen atoms in total. The molecule has 0 aliphatic heterocycles. The molecule has 0 radical (unpaired) electrons. The predicted octanol–water partition coefficient (Wildman–Crippen LogP) is 3.97. The van der Waals surface area contributed by atoms with Crippen molar-refractivity contribution in [2.24, 2.45) is 0 Å². The van der Waals surface area contributed by atoms with Crippen LogP contribution in [-0.2, 0) is 6.54 Å². The maximum Gasteiger partial charge on any atom is 0.185 e. The fourth-order valence-corrected chi connectivity index (χ4v) is 2.47. The number of halogens is 1. The van der Waals surface area contributed by atoms with E-state index in [-0.39, 0.29) is 17.9 Å². The Bertz CT molecular complexity index is 789. The van der Waals surface area contributed by atoms with Gasteiger partial charge in [0.25, 0.3) is 0 Å². The zero-order chi connectivity index (χ0) is 14.1. The summed E-state index contributed by atoms with van der Waals surface area (Å²) < 4.78 is 15.6. The number of Topliss-reactive ketones (excluding diaryl/α,β-unsaturated/α-hetero) is 1. The van der Waals surface area contributed by atoms with E-state index >= 15 is 0 Å². The molecule has 0 aliphatic rings. The molecule has 0 amide bonds. The monoisotopic (exact) mass is 267 g/mol. The van der Waals surface area contributed by atoms with Crippen LogP contribution >= 0.6 is 0 Å². The van der Waals surface area contributed by atoms with Crippen LogP contribution in [-0.4, -0.2) is 10.4 Å². The lowest BCUT2D eigenvalue weighted by Gasteiger charge is -2.08. The lowest BCUT2D eigenvalue weighted by atomic mass is 10.1. The Hall–Kier alpha value is -2.42. The first-order valence-electron chi connectivity index (χ1n) is 6.49. The van der Waals surface area contributed by atoms with E-state index in [1.807, 2.05) is 41.8 Å². The third kappa shape index (κ3) is 2.11. The normalized spacial score (nSPS) is 10.9. The molecule has 0 bridgehead atoms. The third-order valence-corrected chi connectivity index (χ3v) is 3.49. The van der Waals surface area contributed by atoms with E-state index in [1.54, 1.807) is 12.1 Å². The Morgan fingerprint density at radius 2 is 1.80 bits per heavy atom. The molecule has 3 heteroatoms. The number of aromatic nitrogens is 1. The minimum absolute atomic E-state index is 0.143. The first-order chi connectivity index (χ1) is 9.66. The predicted molar refractivity (Wildman–Crippen MR) is 77.4 cm³/mol. The van der Waals surface area contributed by atoms with Crippen molar-refractivity contribution in [1.82, 2.24) is 4.57 Å². The zero-order valence-corrected chi connectivity index (χ0v) is 11.1. The van der Waals surface area contributed by atoms with Gasteiger partial charge in [-0.3, -0.25) is 4.79 Å².